The Hall–Kier alpha value is -4.08. The molecular weight excluding hydrogens is 378 g/mol. The molecule has 0 saturated heterocycles. The van der Waals surface area contributed by atoms with Crippen molar-refractivity contribution in [1.82, 2.24) is 24.7 Å². The smallest absolute Gasteiger partial charge is 0.293 e. The van der Waals surface area contributed by atoms with Gasteiger partial charge < -0.3 is 19.2 Å². The lowest BCUT2D eigenvalue weighted by Gasteiger charge is -2.07. The van der Waals surface area contributed by atoms with E-state index in [1.54, 1.807) is 24.3 Å². The van der Waals surface area contributed by atoms with Crippen LogP contribution in [-0.4, -0.2) is 32.1 Å². The second kappa shape index (κ2) is 6.82. The number of nitrogens with zero attached hydrogens (tertiary/aromatic N) is 4. The summed E-state index contributed by atoms with van der Waals surface area (Å²) in [7, 11) is 0. The Morgan fingerprint density at radius 3 is 2.93 bits per heavy atom. The van der Waals surface area contributed by atoms with Gasteiger partial charge in [-0.05, 0) is 29.8 Å². The molecule has 0 unspecified atom stereocenters. The summed E-state index contributed by atoms with van der Waals surface area (Å²) in [4.78, 5) is 24.9. The molecule has 1 aromatic carbocycles. The van der Waals surface area contributed by atoms with Gasteiger partial charge in [-0.3, -0.25) is 9.59 Å². The molecule has 0 atom stereocenters. The molecule has 0 radical (unpaired) electrons. The Morgan fingerprint density at radius 1 is 1.17 bits per heavy atom. The summed E-state index contributed by atoms with van der Waals surface area (Å²) in [5.74, 6) is 1.53. The Labute approximate surface area is 163 Å². The number of nitrogens with one attached hydrogen (secondary N) is 1. The average Bonchev–Trinajstić information content (AvgIpc) is 3.47. The van der Waals surface area contributed by atoms with Gasteiger partial charge in [-0.1, -0.05) is 6.07 Å². The molecule has 1 aliphatic heterocycles. The maximum atomic E-state index is 12.6. The molecule has 5 rings (SSSR count). The van der Waals surface area contributed by atoms with Crippen molar-refractivity contribution < 1.29 is 18.7 Å². The van der Waals surface area contributed by atoms with E-state index in [0.29, 0.717) is 35.0 Å². The van der Waals surface area contributed by atoms with Crippen LogP contribution in [0, 0.1) is 0 Å². The van der Waals surface area contributed by atoms with Crippen LogP contribution >= 0.6 is 0 Å². The highest BCUT2D eigenvalue weighted by Gasteiger charge is 2.15. The van der Waals surface area contributed by atoms with E-state index < -0.39 is 5.56 Å². The molecule has 4 aromatic rings. The molecule has 4 heterocycles. The zero-order chi connectivity index (χ0) is 19.8. The van der Waals surface area contributed by atoms with Gasteiger partial charge in [-0.15, -0.1) is 0 Å². The number of rotatable bonds is 5. The van der Waals surface area contributed by atoms with Gasteiger partial charge in [0.15, 0.2) is 17.3 Å². The Balaban J connectivity index is 1.30. The van der Waals surface area contributed by atoms with Crippen molar-refractivity contribution in [3.05, 3.63) is 64.9 Å². The van der Waals surface area contributed by atoms with Gasteiger partial charge in [0.05, 0.1) is 6.26 Å². The largest absolute Gasteiger partial charge is 0.463 e. The summed E-state index contributed by atoms with van der Waals surface area (Å²) < 4.78 is 18.3. The molecule has 0 fully saturated rings. The van der Waals surface area contributed by atoms with Gasteiger partial charge >= 0.3 is 0 Å². The molecule has 10 nitrogen and oxygen atoms in total. The van der Waals surface area contributed by atoms with E-state index in [-0.39, 0.29) is 19.2 Å². The Kier molecular flexibility index (Phi) is 4.01. The Morgan fingerprint density at radius 2 is 2.07 bits per heavy atom. The molecule has 1 amide bonds. The molecule has 1 N–H and O–H groups in total. The monoisotopic (exact) mass is 393 g/mol. The fourth-order valence-electron chi connectivity index (χ4n) is 3.04. The lowest BCUT2D eigenvalue weighted by atomic mass is 10.2. The van der Waals surface area contributed by atoms with Gasteiger partial charge in [0.1, 0.15) is 24.1 Å². The standard InChI is InChI=1S/C19H15N5O5/c25-18(20-8-12-3-4-16-17(6-12)29-11-28-16)9-23-19(26)14-7-13(15-2-1-5-27-15)22-24(14)10-21-23/h1-7,10H,8-9,11H2,(H,20,25). The van der Waals surface area contributed by atoms with Crippen LogP contribution in [0.1, 0.15) is 5.56 Å². The van der Waals surface area contributed by atoms with E-state index in [2.05, 4.69) is 15.5 Å². The predicted molar refractivity (Wildman–Crippen MR) is 99.4 cm³/mol. The maximum Gasteiger partial charge on any atom is 0.293 e. The zero-order valence-corrected chi connectivity index (χ0v) is 15.1. The Bertz CT molecular complexity index is 1260. The number of carbonyl (C=O) groups excluding carboxylic acids is 1. The molecule has 0 saturated carbocycles. The number of hydrogen-bond donors (Lipinski definition) is 1. The molecule has 0 aliphatic carbocycles. The van der Waals surface area contributed by atoms with Crippen LogP contribution in [0.4, 0.5) is 0 Å². The van der Waals surface area contributed by atoms with E-state index in [4.69, 9.17) is 13.9 Å². The highest BCUT2D eigenvalue weighted by Crippen LogP contribution is 2.32. The number of ether oxygens (including phenoxy) is 2. The van der Waals surface area contributed by atoms with Crippen LogP contribution in [0.3, 0.4) is 0 Å². The number of amides is 1. The maximum absolute atomic E-state index is 12.6. The average molecular weight is 393 g/mol. The van der Waals surface area contributed by atoms with Crippen molar-refractivity contribution in [1.29, 1.82) is 0 Å². The van der Waals surface area contributed by atoms with Crippen LogP contribution in [-0.2, 0) is 17.9 Å². The quantitative estimate of drug-likeness (QED) is 0.542. The van der Waals surface area contributed by atoms with Crippen LogP contribution in [0.25, 0.3) is 17.0 Å². The third-order valence-electron chi connectivity index (χ3n) is 4.48. The van der Waals surface area contributed by atoms with Gasteiger partial charge in [0.25, 0.3) is 5.56 Å². The summed E-state index contributed by atoms with van der Waals surface area (Å²) in [6.07, 6.45) is 2.91. The van der Waals surface area contributed by atoms with E-state index in [0.717, 1.165) is 10.2 Å². The first kappa shape index (κ1) is 17.0. The minimum atomic E-state index is -0.420. The normalized spacial score (nSPS) is 12.4. The number of hydrogen-bond acceptors (Lipinski definition) is 7. The van der Waals surface area contributed by atoms with Crippen LogP contribution in [0.2, 0.25) is 0 Å². The number of aromatic nitrogens is 4. The molecule has 3 aromatic heterocycles. The summed E-state index contributed by atoms with van der Waals surface area (Å²) in [5, 5.41) is 11.1. The summed E-state index contributed by atoms with van der Waals surface area (Å²) in [6.45, 7) is 0.279. The van der Waals surface area contributed by atoms with Gasteiger partial charge in [0.2, 0.25) is 12.7 Å². The van der Waals surface area contributed by atoms with E-state index in [9.17, 15) is 9.59 Å². The predicted octanol–water partition coefficient (Wildman–Crippen LogP) is 1.20. The summed E-state index contributed by atoms with van der Waals surface area (Å²) in [5.41, 5.74) is 1.25. The number of furan rings is 1. The molecule has 10 heteroatoms. The third-order valence-corrected chi connectivity index (χ3v) is 4.48. The summed E-state index contributed by atoms with van der Waals surface area (Å²) >= 11 is 0. The lowest BCUT2D eigenvalue weighted by molar-refractivity contribution is -0.122. The zero-order valence-electron chi connectivity index (χ0n) is 15.1. The highest BCUT2D eigenvalue weighted by atomic mass is 16.7. The minimum absolute atomic E-state index is 0.193. The molecular formula is C19H15N5O5. The SMILES string of the molecule is O=C(Cn1ncn2nc(-c3ccco3)cc2c1=O)NCc1ccc2c(c1)OCO2. The third kappa shape index (κ3) is 3.20. The second-order valence-electron chi connectivity index (χ2n) is 6.39. The molecule has 0 bridgehead atoms. The second-order valence-corrected chi connectivity index (χ2v) is 6.39. The van der Waals surface area contributed by atoms with E-state index in [1.165, 1.54) is 17.1 Å². The van der Waals surface area contributed by atoms with Crippen LogP contribution in [0.5, 0.6) is 11.5 Å². The lowest BCUT2D eigenvalue weighted by Crippen LogP contribution is -2.34. The van der Waals surface area contributed by atoms with Gasteiger partial charge in [-0.25, -0.2) is 9.20 Å². The highest BCUT2D eigenvalue weighted by molar-refractivity contribution is 5.75. The van der Waals surface area contributed by atoms with Gasteiger partial charge in [-0.2, -0.15) is 10.2 Å². The van der Waals surface area contributed by atoms with Crippen molar-refractivity contribution in [2.45, 2.75) is 13.1 Å². The molecule has 1 aliphatic rings. The summed E-state index contributed by atoms with van der Waals surface area (Å²) in [6, 6.07) is 10.5. The van der Waals surface area contributed by atoms with E-state index >= 15 is 0 Å². The van der Waals surface area contributed by atoms with Crippen molar-refractivity contribution in [2.75, 3.05) is 6.79 Å². The van der Waals surface area contributed by atoms with Crippen molar-refractivity contribution in [3.8, 4) is 23.0 Å². The first-order valence-electron chi connectivity index (χ1n) is 8.82. The fourth-order valence-corrected chi connectivity index (χ4v) is 3.04. The first-order valence-corrected chi connectivity index (χ1v) is 8.82. The number of benzene rings is 1. The van der Waals surface area contributed by atoms with Crippen molar-refractivity contribution in [2.24, 2.45) is 0 Å². The van der Waals surface area contributed by atoms with Crippen LogP contribution in [0.15, 0.2) is 58.2 Å². The fraction of sp³-hybridized carbons (Fsp3) is 0.158. The number of fused-ring (bicyclic) bond motifs is 2. The minimum Gasteiger partial charge on any atom is -0.463 e. The van der Waals surface area contributed by atoms with Crippen molar-refractivity contribution in [3.63, 3.8) is 0 Å². The van der Waals surface area contributed by atoms with E-state index in [1.807, 2.05) is 12.1 Å². The topological polar surface area (TPSA) is 113 Å². The van der Waals surface area contributed by atoms with Gasteiger partial charge in [0, 0.05) is 12.6 Å². The first-order chi connectivity index (χ1) is 14.2. The van der Waals surface area contributed by atoms with Crippen molar-refractivity contribution >= 4 is 11.4 Å². The molecule has 0 spiro atoms. The molecule has 29 heavy (non-hydrogen) atoms. The molecule has 146 valence electrons. The van der Waals surface area contributed by atoms with Crippen LogP contribution < -0.4 is 20.3 Å². The number of carbonyl (C=O) groups is 1.